The molecule has 0 saturated carbocycles. The minimum Gasteiger partial charge on any atom is -0.463 e. The van der Waals surface area contributed by atoms with Crippen molar-refractivity contribution in [3.63, 3.8) is 0 Å². The second-order valence-corrected chi connectivity index (χ2v) is 2.41. The van der Waals surface area contributed by atoms with Gasteiger partial charge in [0, 0.05) is 5.57 Å². The molecule has 70 valence electrons. The summed E-state index contributed by atoms with van der Waals surface area (Å²) in [6, 6.07) is 0. The number of esters is 1. The van der Waals surface area contributed by atoms with E-state index in [1.807, 2.05) is 0 Å². The summed E-state index contributed by atoms with van der Waals surface area (Å²) in [6.45, 7) is 10.3. The lowest BCUT2D eigenvalue weighted by molar-refractivity contribution is -0.138. The highest BCUT2D eigenvalue weighted by Crippen LogP contribution is 1.89. The molecule has 0 aliphatic heterocycles. The number of rotatable bonds is 2. The van der Waals surface area contributed by atoms with Crippen LogP contribution in [0, 0.1) is 0 Å². The highest BCUT2D eigenvalue weighted by Gasteiger charge is 1.98. The fourth-order valence-corrected chi connectivity index (χ4v) is 0.254. The number of carbonyl (C=O) groups excluding carboxylic acids is 2. The zero-order chi connectivity index (χ0) is 10.1. The number of ether oxygens (including phenoxy) is 1. The van der Waals surface area contributed by atoms with E-state index in [9.17, 15) is 9.59 Å². The van der Waals surface area contributed by atoms with Crippen molar-refractivity contribution in [2.75, 3.05) is 6.61 Å². The molecule has 0 radical (unpaired) electrons. The van der Waals surface area contributed by atoms with E-state index in [2.05, 4.69) is 11.3 Å². The minimum atomic E-state index is -0.312. The van der Waals surface area contributed by atoms with Crippen LogP contribution in [0.3, 0.4) is 0 Å². The monoisotopic (exact) mass is 172 g/mol. The predicted octanol–water partition coefficient (Wildman–Crippen LogP) is 1.72. The van der Waals surface area contributed by atoms with Crippen LogP contribution in [0.1, 0.15) is 27.7 Å². The van der Waals surface area contributed by atoms with Crippen molar-refractivity contribution >= 4 is 11.8 Å². The van der Waals surface area contributed by atoms with Crippen LogP contribution in [0.5, 0.6) is 0 Å². The molecular weight excluding hydrogens is 156 g/mol. The lowest BCUT2D eigenvalue weighted by Gasteiger charge is -1.96. The van der Waals surface area contributed by atoms with Crippen LogP contribution in [0.2, 0.25) is 0 Å². The van der Waals surface area contributed by atoms with Gasteiger partial charge in [0.25, 0.3) is 0 Å². The fourth-order valence-electron chi connectivity index (χ4n) is 0.254. The Hall–Kier alpha value is -1.12. The summed E-state index contributed by atoms with van der Waals surface area (Å²) in [7, 11) is 0. The molecule has 0 aliphatic carbocycles. The summed E-state index contributed by atoms with van der Waals surface area (Å²) in [5.74, 6) is -0.146. The molecule has 0 atom stereocenters. The largest absolute Gasteiger partial charge is 0.463 e. The first-order chi connectivity index (χ1) is 5.41. The van der Waals surface area contributed by atoms with E-state index >= 15 is 0 Å². The summed E-state index contributed by atoms with van der Waals surface area (Å²) in [5, 5.41) is 0. The number of carbonyl (C=O) groups is 2. The second-order valence-electron chi connectivity index (χ2n) is 2.41. The van der Waals surface area contributed by atoms with Gasteiger partial charge in [-0.3, -0.25) is 0 Å². The van der Waals surface area contributed by atoms with Gasteiger partial charge in [-0.25, -0.2) is 4.79 Å². The van der Waals surface area contributed by atoms with E-state index in [1.165, 1.54) is 13.8 Å². The van der Waals surface area contributed by atoms with Gasteiger partial charge in [-0.15, -0.1) is 0 Å². The average Bonchev–Trinajstić information content (AvgIpc) is 1.86. The Morgan fingerprint density at radius 2 is 1.58 bits per heavy atom. The quantitative estimate of drug-likeness (QED) is 0.470. The molecule has 0 aromatic rings. The minimum absolute atomic E-state index is 0.167. The van der Waals surface area contributed by atoms with Crippen LogP contribution < -0.4 is 0 Å². The number of hydrogen-bond acceptors (Lipinski definition) is 3. The predicted molar refractivity (Wildman–Crippen MR) is 47.8 cm³/mol. The molecular formula is C9H16O3. The molecule has 0 aromatic carbocycles. The molecule has 0 spiro atoms. The van der Waals surface area contributed by atoms with Gasteiger partial charge in [0.2, 0.25) is 0 Å². The summed E-state index contributed by atoms with van der Waals surface area (Å²) in [5.41, 5.74) is 0.451. The Bertz CT molecular complexity index is 167. The van der Waals surface area contributed by atoms with Gasteiger partial charge < -0.3 is 9.53 Å². The molecule has 0 heterocycles. The summed E-state index contributed by atoms with van der Waals surface area (Å²) < 4.78 is 4.56. The molecule has 0 bridgehead atoms. The Balaban J connectivity index is 0. The molecule has 0 saturated heterocycles. The number of ketones is 1. The van der Waals surface area contributed by atoms with Gasteiger partial charge in [0.1, 0.15) is 5.78 Å². The Morgan fingerprint density at radius 1 is 1.25 bits per heavy atom. The smallest absolute Gasteiger partial charge is 0.333 e. The van der Waals surface area contributed by atoms with E-state index in [-0.39, 0.29) is 11.8 Å². The molecule has 12 heavy (non-hydrogen) atoms. The van der Waals surface area contributed by atoms with Crippen molar-refractivity contribution in [2.45, 2.75) is 27.7 Å². The first-order valence-corrected chi connectivity index (χ1v) is 3.71. The summed E-state index contributed by atoms with van der Waals surface area (Å²) in [4.78, 5) is 19.9. The van der Waals surface area contributed by atoms with Gasteiger partial charge in [0.15, 0.2) is 0 Å². The lowest BCUT2D eigenvalue weighted by Crippen LogP contribution is -2.03. The standard InChI is InChI=1S/C6H10O2.C3H6O/c1-4-8-6(7)5(2)3;1-3(2)4/h2,4H2,1,3H3;1-2H3. The van der Waals surface area contributed by atoms with Crippen molar-refractivity contribution in [3.8, 4) is 0 Å². The SMILES string of the molecule is C=C(C)C(=O)OCC.CC(C)=O. The normalized spacial score (nSPS) is 7.67. The molecule has 0 N–H and O–H groups in total. The zero-order valence-corrected chi connectivity index (χ0v) is 8.14. The Morgan fingerprint density at radius 3 is 1.67 bits per heavy atom. The molecule has 0 aromatic heterocycles. The third kappa shape index (κ3) is 15.9. The van der Waals surface area contributed by atoms with Crippen LogP contribution in [0.4, 0.5) is 0 Å². The second kappa shape index (κ2) is 7.98. The van der Waals surface area contributed by atoms with Crippen LogP contribution >= 0.6 is 0 Å². The van der Waals surface area contributed by atoms with Crippen LogP contribution in [-0.2, 0) is 14.3 Å². The third-order valence-electron chi connectivity index (χ3n) is 0.624. The highest BCUT2D eigenvalue weighted by molar-refractivity contribution is 5.86. The van der Waals surface area contributed by atoms with E-state index < -0.39 is 0 Å². The molecule has 0 amide bonds. The van der Waals surface area contributed by atoms with Gasteiger partial charge in [-0.1, -0.05) is 6.58 Å². The topological polar surface area (TPSA) is 43.4 Å². The Labute approximate surface area is 73.4 Å². The lowest BCUT2D eigenvalue weighted by atomic mass is 10.4. The van der Waals surface area contributed by atoms with Crippen LogP contribution in [0.15, 0.2) is 12.2 Å². The van der Waals surface area contributed by atoms with Crippen molar-refractivity contribution in [2.24, 2.45) is 0 Å². The van der Waals surface area contributed by atoms with E-state index in [0.717, 1.165) is 0 Å². The van der Waals surface area contributed by atoms with Crippen molar-refractivity contribution in [1.82, 2.24) is 0 Å². The van der Waals surface area contributed by atoms with Gasteiger partial charge in [-0.2, -0.15) is 0 Å². The maximum Gasteiger partial charge on any atom is 0.333 e. The molecule has 3 heteroatoms. The highest BCUT2D eigenvalue weighted by atomic mass is 16.5. The molecule has 0 unspecified atom stereocenters. The Kier molecular flexibility index (Phi) is 8.96. The van der Waals surface area contributed by atoms with E-state index in [1.54, 1.807) is 13.8 Å². The number of hydrogen-bond donors (Lipinski definition) is 0. The van der Waals surface area contributed by atoms with E-state index in [0.29, 0.717) is 12.2 Å². The first kappa shape index (κ1) is 13.5. The van der Waals surface area contributed by atoms with Crippen LogP contribution in [0.25, 0.3) is 0 Å². The van der Waals surface area contributed by atoms with Crippen LogP contribution in [-0.4, -0.2) is 18.4 Å². The fraction of sp³-hybridized carbons (Fsp3) is 0.556. The maximum atomic E-state index is 10.4. The van der Waals surface area contributed by atoms with E-state index in [4.69, 9.17) is 0 Å². The zero-order valence-electron chi connectivity index (χ0n) is 8.14. The molecule has 3 nitrogen and oxygen atoms in total. The van der Waals surface area contributed by atoms with Gasteiger partial charge >= 0.3 is 5.97 Å². The maximum absolute atomic E-state index is 10.4. The average molecular weight is 172 g/mol. The van der Waals surface area contributed by atoms with Gasteiger partial charge in [-0.05, 0) is 27.7 Å². The van der Waals surface area contributed by atoms with Gasteiger partial charge in [0.05, 0.1) is 6.61 Å². The first-order valence-electron chi connectivity index (χ1n) is 3.71. The van der Waals surface area contributed by atoms with Crippen molar-refractivity contribution in [3.05, 3.63) is 12.2 Å². The summed E-state index contributed by atoms with van der Waals surface area (Å²) in [6.07, 6.45) is 0. The molecule has 0 rings (SSSR count). The molecule has 0 fully saturated rings. The molecule has 0 aliphatic rings. The third-order valence-corrected chi connectivity index (χ3v) is 0.624. The van der Waals surface area contributed by atoms with Crippen molar-refractivity contribution < 1.29 is 14.3 Å². The van der Waals surface area contributed by atoms with Crippen molar-refractivity contribution in [1.29, 1.82) is 0 Å². The number of Topliss-reactive ketones (excluding diaryl/α,β-unsaturated/α-hetero) is 1. The summed E-state index contributed by atoms with van der Waals surface area (Å²) >= 11 is 0.